The molecule has 0 saturated heterocycles. The molecule has 0 bridgehead atoms. The van der Waals surface area contributed by atoms with Crippen molar-refractivity contribution in [2.45, 2.75) is 57.0 Å². The summed E-state index contributed by atoms with van der Waals surface area (Å²) >= 11 is 0. The number of aromatic nitrogens is 3. The molecule has 1 saturated carbocycles. The average molecular weight is 405 g/mol. The first-order valence-electron chi connectivity index (χ1n) is 10.8. The minimum atomic E-state index is -0.321. The van der Waals surface area contributed by atoms with Crippen LogP contribution in [0.25, 0.3) is 11.3 Å². The SMILES string of the molecule is Nc1ccc(COC2CCC(C(O)CC3c4ccccc4-c4cncn43)CC2)cn1. The number of rotatable bonds is 6. The van der Waals surface area contributed by atoms with E-state index in [-0.39, 0.29) is 18.2 Å². The largest absolute Gasteiger partial charge is 0.393 e. The minimum absolute atomic E-state index is 0.167. The molecule has 3 heterocycles. The maximum Gasteiger partial charge on any atom is 0.123 e. The van der Waals surface area contributed by atoms with Crippen LogP contribution in [-0.2, 0) is 11.3 Å². The number of aliphatic hydroxyl groups excluding tert-OH is 1. The zero-order chi connectivity index (χ0) is 20.5. The van der Waals surface area contributed by atoms with Crippen molar-refractivity contribution in [3.63, 3.8) is 0 Å². The van der Waals surface area contributed by atoms with E-state index >= 15 is 0 Å². The lowest BCUT2D eigenvalue weighted by atomic mass is 9.81. The number of fused-ring (bicyclic) bond motifs is 3. The monoisotopic (exact) mass is 404 g/mol. The Balaban J connectivity index is 1.16. The molecule has 0 radical (unpaired) electrons. The highest BCUT2D eigenvalue weighted by Gasteiger charge is 2.33. The van der Waals surface area contributed by atoms with Gasteiger partial charge in [-0.25, -0.2) is 9.97 Å². The third-order valence-corrected chi connectivity index (χ3v) is 6.66. The standard InChI is InChI=1S/C24H28N4O2/c25-24-10-5-16(12-27-24)14-30-18-8-6-17(7-9-18)23(29)11-21-19-3-1-2-4-20(19)22-13-26-15-28(21)22/h1-5,10,12-13,15,17-18,21,23,29H,6-9,11,14H2,(H2,25,27). The van der Waals surface area contributed by atoms with Crippen LogP contribution in [0.5, 0.6) is 0 Å². The molecule has 1 fully saturated rings. The van der Waals surface area contributed by atoms with Crippen molar-refractivity contribution < 1.29 is 9.84 Å². The molecule has 6 nitrogen and oxygen atoms in total. The quantitative estimate of drug-likeness (QED) is 0.649. The van der Waals surface area contributed by atoms with Crippen LogP contribution >= 0.6 is 0 Å². The van der Waals surface area contributed by atoms with Gasteiger partial charge >= 0.3 is 0 Å². The fraction of sp³-hybridized carbons (Fsp3) is 0.417. The van der Waals surface area contributed by atoms with E-state index in [1.54, 1.807) is 12.3 Å². The second-order valence-corrected chi connectivity index (χ2v) is 8.53. The molecule has 2 aromatic heterocycles. The number of pyridine rings is 1. The zero-order valence-electron chi connectivity index (χ0n) is 17.0. The van der Waals surface area contributed by atoms with Crippen molar-refractivity contribution in [2.24, 2.45) is 5.92 Å². The first-order chi connectivity index (χ1) is 14.7. The molecule has 0 amide bonds. The van der Waals surface area contributed by atoms with Crippen LogP contribution in [0.15, 0.2) is 55.1 Å². The third-order valence-electron chi connectivity index (χ3n) is 6.66. The summed E-state index contributed by atoms with van der Waals surface area (Å²) in [5, 5.41) is 11.0. The van der Waals surface area contributed by atoms with Gasteiger partial charge in [0.25, 0.3) is 0 Å². The van der Waals surface area contributed by atoms with Crippen molar-refractivity contribution in [3.8, 4) is 11.3 Å². The van der Waals surface area contributed by atoms with Crippen LogP contribution in [0.3, 0.4) is 0 Å². The van der Waals surface area contributed by atoms with Crippen molar-refractivity contribution in [3.05, 3.63) is 66.2 Å². The molecule has 6 heteroatoms. The van der Waals surface area contributed by atoms with E-state index in [0.29, 0.717) is 18.3 Å². The maximum atomic E-state index is 11.0. The summed E-state index contributed by atoms with van der Waals surface area (Å²) < 4.78 is 8.29. The molecule has 3 N–H and O–H groups in total. The summed E-state index contributed by atoms with van der Waals surface area (Å²) in [7, 11) is 0. The first-order valence-corrected chi connectivity index (χ1v) is 10.8. The molecule has 2 unspecified atom stereocenters. The first kappa shape index (κ1) is 19.3. The van der Waals surface area contributed by atoms with Crippen LogP contribution in [0, 0.1) is 5.92 Å². The number of anilines is 1. The van der Waals surface area contributed by atoms with Crippen LogP contribution < -0.4 is 5.73 Å². The molecule has 1 aliphatic heterocycles. The molecule has 2 atom stereocenters. The summed E-state index contributed by atoms with van der Waals surface area (Å²) in [6, 6.07) is 12.4. The minimum Gasteiger partial charge on any atom is -0.393 e. The smallest absolute Gasteiger partial charge is 0.123 e. The van der Waals surface area contributed by atoms with Gasteiger partial charge in [0.05, 0.1) is 43.1 Å². The number of aliphatic hydroxyl groups is 1. The predicted octanol–water partition coefficient (Wildman–Crippen LogP) is 3.96. The van der Waals surface area contributed by atoms with E-state index in [0.717, 1.165) is 43.4 Å². The molecule has 1 aliphatic carbocycles. The number of nitrogens with zero attached hydrogens (tertiary/aromatic N) is 3. The van der Waals surface area contributed by atoms with Crippen molar-refractivity contribution in [2.75, 3.05) is 5.73 Å². The van der Waals surface area contributed by atoms with Gasteiger partial charge in [-0.2, -0.15) is 0 Å². The summed E-state index contributed by atoms with van der Waals surface area (Å²) in [6.07, 6.45) is 10.2. The van der Waals surface area contributed by atoms with Crippen molar-refractivity contribution in [1.82, 2.24) is 14.5 Å². The second kappa shape index (κ2) is 8.20. The van der Waals surface area contributed by atoms with E-state index in [4.69, 9.17) is 10.5 Å². The van der Waals surface area contributed by atoms with Gasteiger partial charge in [0.2, 0.25) is 0 Å². The summed E-state index contributed by atoms with van der Waals surface area (Å²) in [5.41, 5.74) is 10.4. The molecule has 156 valence electrons. The van der Waals surface area contributed by atoms with Gasteiger partial charge < -0.3 is 20.1 Å². The Bertz CT molecular complexity index is 992. The van der Waals surface area contributed by atoms with Crippen LogP contribution in [0.2, 0.25) is 0 Å². The van der Waals surface area contributed by atoms with Crippen LogP contribution in [0.4, 0.5) is 5.82 Å². The summed E-state index contributed by atoms with van der Waals surface area (Å²) in [4.78, 5) is 8.44. The third kappa shape index (κ3) is 3.73. The molecular formula is C24H28N4O2. The fourth-order valence-electron chi connectivity index (χ4n) is 4.97. The Labute approximate surface area is 176 Å². The Morgan fingerprint density at radius 1 is 1.10 bits per heavy atom. The maximum absolute atomic E-state index is 11.0. The van der Waals surface area contributed by atoms with Crippen molar-refractivity contribution >= 4 is 5.82 Å². The summed E-state index contributed by atoms with van der Waals surface area (Å²) in [5.74, 6) is 0.851. The molecule has 30 heavy (non-hydrogen) atoms. The van der Waals surface area contributed by atoms with E-state index < -0.39 is 0 Å². The van der Waals surface area contributed by atoms with Gasteiger partial charge in [0.15, 0.2) is 0 Å². The van der Waals surface area contributed by atoms with Gasteiger partial charge in [-0.05, 0) is 55.2 Å². The van der Waals surface area contributed by atoms with Gasteiger partial charge in [-0.3, -0.25) is 0 Å². The van der Waals surface area contributed by atoms with Crippen LogP contribution in [0.1, 0.15) is 49.3 Å². The number of benzene rings is 1. The van der Waals surface area contributed by atoms with E-state index in [9.17, 15) is 5.11 Å². The highest BCUT2D eigenvalue weighted by atomic mass is 16.5. The zero-order valence-corrected chi connectivity index (χ0v) is 17.0. The number of ether oxygens (including phenoxy) is 1. The molecular weight excluding hydrogens is 376 g/mol. The Morgan fingerprint density at radius 2 is 1.93 bits per heavy atom. The highest BCUT2D eigenvalue weighted by molar-refractivity contribution is 5.68. The molecule has 2 aliphatic rings. The van der Waals surface area contributed by atoms with Gasteiger partial charge in [0.1, 0.15) is 5.82 Å². The molecule has 1 aromatic carbocycles. The topological polar surface area (TPSA) is 86.2 Å². The summed E-state index contributed by atoms with van der Waals surface area (Å²) in [6.45, 7) is 0.563. The highest BCUT2D eigenvalue weighted by Crippen LogP contribution is 2.42. The second-order valence-electron chi connectivity index (χ2n) is 8.53. The van der Waals surface area contributed by atoms with E-state index in [1.165, 1.54) is 11.1 Å². The Hall–Kier alpha value is -2.70. The predicted molar refractivity (Wildman–Crippen MR) is 116 cm³/mol. The fourth-order valence-corrected chi connectivity index (χ4v) is 4.97. The Kier molecular flexibility index (Phi) is 5.27. The lowest BCUT2D eigenvalue weighted by Gasteiger charge is -2.32. The lowest BCUT2D eigenvalue weighted by molar-refractivity contribution is -0.0160. The van der Waals surface area contributed by atoms with Gasteiger partial charge in [-0.1, -0.05) is 30.3 Å². The molecule has 5 rings (SSSR count). The van der Waals surface area contributed by atoms with Crippen LogP contribution in [-0.4, -0.2) is 31.8 Å². The van der Waals surface area contributed by atoms with Gasteiger partial charge in [0, 0.05) is 11.8 Å². The lowest BCUT2D eigenvalue weighted by Crippen LogP contribution is -2.30. The van der Waals surface area contributed by atoms with Crippen molar-refractivity contribution in [1.29, 1.82) is 0 Å². The van der Waals surface area contributed by atoms with E-state index in [1.807, 2.05) is 18.6 Å². The number of imidazole rings is 1. The number of hydrogen-bond donors (Lipinski definition) is 2. The average Bonchev–Trinajstić information content (AvgIpc) is 3.36. The molecule has 0 spiro atoms. The normalized spacial score (nSPS) is 23.7. The Morgan fingerprint density at radius 3 is 2.73 bits per heavy atom. The molecule has 3 aromatic rings. The number of hydrogen-bond acceptors (Lipinski definition) is 5. The number of nitrogen functional groups attached to an aromatic ring is 1. The van der Waals surface area contributed by atoms with E-state index in [2.05, 4.69) is 38.8 Å². The number of nitrogens with two attached hydrogens (primary N) is 1. The van der Waals surface area contributed by atoms with Gasteiger partial charge in [-0.15, -0.1) is 0 Å².